The number of nitrogens with two attached hydrogens (primary N) is 2. The Kier molecular flexibility index (Phi) is 5.16. The van der Waals surface area contributed by atoms with E-state index in [9.17, 15) is 4.79 Å². The van der Waals surface area contributed by atoms with Gasteiger partial charge in [-0.3, -0.25) is 11.5 Å². The summed E-state index contributed by atoms with van der Waals surface area (Å²) in [6, 6.07) is 0. The van der Waals surface area contributed by atoms with Crippen molar-refractivity contribution in [2.24, 2.45) is 29.2 Å². The van der Waals surface area contributed by atoms with Gasteiger partial charge in [-0.2, -0.15) is 0 Å². The van der Waals surface area contributed by atoms with Gasteiger partial charge in [-0.1, -0.05) is 34.3 Å². The van der Waals surface area contributed by atoms with Gasteiger partial charge >= 0.3 is 5.97 Å². The first kappa shape index (κ1) is 15.1. The molecule has 0 aliphatic heterocycles. The van der Waals surface area contributed by atoms with Crippen LogP contribution in [0.4, 0.5) is 0 Å². The van der Waals surface area contributed by atoms with Crippen molar-refractivity contribution < 1.29 is 9.53 Å². The molecule has 0 aliphatic carbocycles. The molecule has 0 aromatic heterocycles. The summed E-state index contributed by atoms with van der Waals surface area (Å²) in [7, 11) is 0. The molecule has 0 bridgehead atoms. The monoisotopic (exact) mass is 228 g/mol. The summed E-state index contributed by atoms with van der Waals surface area (Å²) < 4.78 is 5.10. The first-order valence-electron chi connectivity index (χ1n) is 5.56. The van der Waals surface area contributed by atoms with Crippen LogP contribution in [0.1, 0.15) is 34.6 Å². The van der Waals surface area contributed by atoms with E-state index in [4.69, 9.17) is 16.2 Å². The molecule has 4 heteroatoms. The standard InChI is InChI=1S/C12H24N2O2/c1-7(2)10(8(3)4)12(13,14)16-11(15)9(5)6/h7-8,10H,5,13-14H2,1-4,6H3. The second-order valence-electron chi connectivity index (χ2n) is 5.04. The highest BCUT2D eigenvalue weighted by molar-refractivity contribution is 5.87. The SMILES string of the molecule is C=C(C)C(=O)OC(N)(N)C(C(C)C)C(C)C. The topological polar surface area (TPSA) is 78.3 Å². The van der Waals surface area contributed by atoms with Crippen LogP contribution >= 0.6 is 0 Å². The minimum absolute atomic E-state index is 0.101. The van der Waals surface area contributed by atoms with E-state index in [1.807, 2.05) is 27.7 Å². The Hall–Kier alpha value is -0.870. The van der Waals surface area contributed by atoms with Gasteiger partial charge in [-0.25, -0.2) is 4.79 Å². The molecular weight excluding hydrogens is 204 g/mol. The second kappa shape index (κ2) is 5.46. The number of rotatable bonds is 5. The zero-order valence-electron chi connectivity index (χ0n) is 10.9. The fraction of sp³-hybridized carbons (Fsp3) is 0.750. The summed E-state index contributed by atoms with van der Waals surface area (Å²) in [5.74, 6) is -1.63. The highest BCUT2D eigenvalue weighted by Crippen LogP contribution is 2.28. The minimum Gasteiger partial charge on any atom is -0.427 e. The Morgan fingerprint density at radius 3 is 1.81 bits per heavy atom. The third-order valence-corrected chi connectivity index (χ3v) is 2.58. The molecule has 0 amide bonds. The van der Waals surface area contributed by atoms with Crippen LogP contribution in [0, 0.1) is 17.8 Å². The van der Waals surface area contributed by atoms with Crippen LogP contribution in [0.25, 0.3) is 0 Å². The van der Waals surface area contributed by atoms with Crippen molar-refractivity contribution in [3.8, 4) is 0 Å². The summed E-state index contributed by atoms with van der Waals surface area (Å²) in [4.78, 5) is 11.4. The summed E-state index contributed by atoms with van der Waals surface area (Å²) >= 11 is 0. The van der Waals surface area contributed by atoms with Gasteiger partial charge in [0.15, 0.2) is 0 Å². The van der Waals surface area contributed by atoms with Crippen molar-refractivity contribution in [3.63, 3.8) is 0 Å². The number of esters is 1. The fourth-order valence-corrected chi connectivity index (χ4v) is 2.13. The van der Waals surface area contributed by atoms with E-state index in [1.165, 1.54) is 0 Å². The lowest BCUT2D eigenvalue weighted by Gasteiger charge is -2.38. The Bertz CT molecular complexity index is 262. The predicted molar refractivity (Wildman–Crippen MR) is 65.2 cm³/mol. The molecule has 0 rings (SSSR count). The average molecular weight is 228 g/mol. The third-order valence-electron chi connectivity index (χ3n) is 2.58. The molecule has 0 heterocycles. The summed E-state index contributed by atoms with van der Waals surface area (Å²) in [6.07, 6.45) is 0. The predicted octanol–water partition coefficient (Wildman–Crippen LogP) is 1.61. The lowest BCUT2D eigenvalue weighted by atomic mass is 9.81. The van der Waals surface area contributed by atoms with Crippen molar-refractivity contribution in [1.82, 2.24) is 0 Å². The first-order chi connectivity index (χ1) is 7.09. The van der Waals surface area contributed by atoms with Crippen molar-refractivity contribution in [2.45, 2.75) is 40.5 Å². The molecule has 16 heavy (non-hydrogen) atoms. The fourth-order valence-electron chi connectivity index (χ4n) is 2.13. The highest BCUT2D eigenvalue weighted by atomic mass is 16.6. The molecule has 0 aromatic rings. The van der Waals surface area contributed by atoms with Crippen molar-refractivity contribution in [2.75, 3.05) is 0 Å². The average Bonchev–Trinajstić information content (AvgIpc) is 1.99. The van der Waals surface area contributed by atoms with Crippen LogP contribution in [-0.2, 0) is 9.53 Å². The van der Waals surface area contributed by atoms with E-state index in [0.717, 1.165) is 0 Å². The van der Waals surface area contributed by atoms with Gasteiger partial charge in [0.05, 0.1) is 0 Å². The van der Waals surface area contributed by atoms with Crippen LogP contribution in [0.3, 0.4) is 0 Å². The Morgan fingerprint density at radius 2 is 1.56 bits per heavy atom. The van der Waals surface area contributed by atoms with Crippen LogP contribution in [0.5, 0.6) is 0 Å². The maximum absolute atomic E-state index is 11.4. The molecule has 0 unspecified atom stereocenters. The van der Waals surface area contributed by atoms with Crippen LogP contribution < -0.4 is 11.5 Å². The number of hydrogen-bond donors (Lipinski definition) is 2. The second-order valence-corrected chi connectivity index (χ2v) is 5.04. The van der Waals surface area contributed by atoms with E-state index in [-0.39, 0.29) is 17.8 Å². The third kappa shape index (κ3) is 3.94. The Balaban J connectivity index is 4.86. The molecule has 0 radical (unpaired) electrons. The van der Waals surface area contributed by atoms with Gasteiger partial charge in [0.2, 0.25) is 5.85 Å². The van der Waals surface area contributed by atoms with Crippen LogP contribution in [0.15, 0.2) is 12.2 Å². The van der Waals surface area contributed by atoms with Gasteiger partial charge in [0.1, 0.15) is 0 Å². The smallest absolute Gasteiger partial charge is 0.335 e. The van der Waals surface area contributed by atoms with Gasteiger partial charge in [-0.15, -0.1) is 0 Å². The largest absolute Gasteiger partial charge is 0.427 e. The van der Waals surface area contributed by atoms with Crippen molar-refractivity contribution in [1.29, 1.82) is 0 Å². The molecule has 0 aliphatic rings. The summed E-state index contributed by atoms with van der Waals surface area (Å²) in [5.41, 5.74) is 12.1. The van der Waals surface area contributed by atoms with E-state index in [0.29, 0.717) is 5.57 Å². The molecule has 0 fully saturated rings. The van der Waals surface area contributed by atoms with Crippen LogP contribution in [-0.4, -0.2) is 11.8 Å². The molecule has 0 aromatic carbocycles. The summed E-state index contributed by atoms with van der Waals surface area (Å²) in [6.45, 7) is 13.1. The normalized spacial score (nSPS) is 12.4. The van der Waals surface area contributed by atoms with Gasteiger partial charge in [-0.05, 0) is 18.8 Å². The first-order valence-corrected chi connectivity index (χ1v) is 5.56. The van der Waals surface area contributed by atoms with E-state index >= 15 is 0 Å². The lowest BCUT2D eigenvalue weighted by molar-refractivity contribution is -0.165. The number of carbonyl (C=O) groups is 1. The van der Waals surface area contributed by atoms with Crippen LogP contribution in [0.2, 0.25) is 0 Å². The number of carbonyl (C=O) groups excluding carboxylic acids is 1. The van der Waals surface area contributed by atoms with E-state index in [1.54, 1.807) is 6.92 Å². The molecule has 94 valence electrons. The molecular formula is C12H24N2O2. The summed E-state index contributed by atoms with van der Waals surface area (Å²) in [5, 5.41) is 0. The Morgan fingerprint density at radius 1 is 1.19 bits per heavy atom. The van der Waals surface area contributed by atoms with Crippen molar-refractivity contribution in [3.05, 3.63) is 12.2 Å². The zero-order valence-corrected chi connectivity index (χ0v) is 10.9. The molecule has 0 spiro atoms. The Labute approximate surface area is 98.0 Å². The van der Waals surface area contributed by atoms with E-state index in [2.05, 4.69) is 6.58 Å². The molecule has 0 atom stereocenters. The molecule has 4 nitrogen and oxygen atoms in total. The maximum atomic E-state index is 11.4. The van der Waals surface area contributed by atoms with Gasteiger partial charge in [0, 0.05) is 11.5 Å². The quantitative estimate of drug-likeness (QED) is 0.425. The number of hydrogen-bond acceptors (Lipinski definition) is 4. The molecule has 4 N–H and O–H groups in total. The highest BCUT2D eigenvalue weighted by Gasteiger charge is 2.39. The van der Waals surface area contributed by atoms with E-state index < -0.39 is 11.8 Å². The van der Waals surface area contributed by atoms with Gasteiger partial charge in [0.25, 0.3) is 0 Å². The lowest BCUT2D eigenvalue weighted by Crippen LogP contribution is -2.61. The minimum atomic E-state index is -1.45. The zero-order chi connectivity index (χ0) is 13.1. The molecule has 0 saturated heterocycles. The van der Waals surface area contributed by atoms with Crippen molar-refractivity contribution >= 4 is 5.97 Å². The molecule has 0 saturated carbocycles. The van der Waals surface area contributed by atoms with Gasteiger partial charge < -0.3 is 4.74 Å². The maximum Gasteiger partial charge on any atom is 0.335 e. The number of ether oxygens (including phenoxy) is 1.